The molecular weight excluding hydrogens is 459 g/mol. The number of amides is 1. The van der Waals surface area contributed by atoms with Crippen LogP contribution >= 0.6 is 23.1 Å². The van der Waals surface area contributed by atoms with Gasteiger partial charge in [-0.15, -0.1) is 10.2 Å². The van der Waals surface area contributed by atoms with E-state index in [0.29, 0.717) is 29.8 Å². The Morgan fingerprint density at radius 1 is 1.15 bits per heavy atom. The number of halogens is 1. The summed E-state index contributed by atoms with van der Waals surface area (Å²) in [5, 5.41) is 13.1. The fourth-order valence-corrected chi connectivity index (χ4v) is 4.79. The molecule has 4 rings (SSSR count). The van der Waals surface area contributed by atoms with Gasteiger partial charge in [-0.2, -0.15) is 11.3 Å². The van der Waals surface area contributed by atoms with Gasteiger partial charge in [-0.1, -0.05) is 23.9 Å². The number of thioether (sulfide) groups is 1. The van der Waals surface area contributed by atoms with Crippen molar-refractivity contribution in [3.8, 4) is 22.8 Å². The molecule has 0 aliphatic rings. The smallest absolute Gasteiger partial charge is 0.233 e. The molecule has 2 aromatic heterocycles. The normalized spacial score (nSPS) is 10.9. The molecule has 0 aliphatic heterocycles. The van der Waals surface area contributed by atoms with E-state index in [0.717, 1.165) is 16.9 Å². The Morgan fingerprint density at radius 3 is 2.64 bits per heavy atom. The molecule has 4 aromatic rings. The lowest BCUT2D eigenvalue weighted by Gasteiger charge is -2.16. The molecule has 2 aromatic carbocycles. The van der Waals surface area contributed by atoms with Crippen molar-refractivity contribution >= 4 is 29.0 Å². The van der Waals surface area contributed by atoms with Gasteiger partial charge in [0.05, 0.1) is 18.0 Å². The second-order valence-electron chi connectivity index (χ2n) is 7.22. The number of thiophene rings is 1. The fraction of sp³-hybridized carbons (Fsp3) is 0.208. The van der Waals surface area contributed by atoms with E-state index in [1.807, 2.05) is 48.0 Å². The number of hydrogen-bond acceptors (Lipinski definition) is 6. The average Bonchev–Trinajstić information content (AvgIpc) is 3.48. The number of carbonyl (C=O) groups is 1. The third-order valence-corrected chi connectivity index (χ3v) is 6.55. The molecule has 9 heteroatoms. The van der Waals surface area contributed by atoms with Crippen LogP contribution in [0.2, 0.25) is 0 Å². The monoisotopic (exact) mass is 482 g/mol. The van der Waals surface area contributed by atoms with Crippen molar-refractivity contribution in [1.29, 1.82) is 0 Å². The maximum atomic E-state index is 14.8. The summed E-state index contributed by atoms with van der Waals surface area (Å²) < 4.78 is 21.9. The topological polar surface area (TPSA) is 60.3 Å². The minimum atomic E-state index is -0.396. The molecule has 33 heavy (non-hydrogen) atoms. The molecule has 0 N–H and O–H groups in total. The molecule has 6 nitrogen and oxygen atoms in total. The molecule has 0 spiro atoms. The second-order valence-corrected chi connectivity index (χ2v) is 8.94. The SMILES string of the molecule is CCOc1ccc(-c2nnc(SCC(=O)N(C)Cc3ccsc3)n2-c2ccccc2F)cc1. The van der Waals surface area contributed by atoms with E-state index in [9.17, 15) is 9.18 Å². The summed E-state index contributed by atoms with van der Waals surface area (Å²) in [4.78, 5) is 14.4. The van der Waals surface area contributed by atoms with Gasteiger partial charge < -0.3 is 9.64 Å². The summed E-state index contributed by atoms with van der Waals surface area (Å²) in [5.74, 6) is 0.956. The minimum absolute atomic E-state index is 0.0445. The first kappa shape index (κ1) is 23.0. The van der Waals surface area contributed by atoms with Gasteiger partial charge in [0, 0.05) is 19.2 Å². The second kappa shape index (κ2) is 10.6. The lowest BCUT2D eigenvalue weighted by Crippen LogP contribution is -2.27. The van der Waals surface area contributed by atoms with Gasteiger partial charge in [-0.3, -0.25) is 9.36 Å². The average molecular weight is 483 g/mol. The van der Waals surface area contributed by atoms with Crippen LogP contribution < -0.4 is 4.74 Å². The molecule has 0 saturated heterocycles. The number of nitrogens with zero attached hydrogens (tertiary/aromatic N) is 4. The number of para-hydroxylation sites is 1. The number of aromatic nitrogens is 3. The molecule has 0 aliphatic carbocycles. The van der Waals surface area contributed by atoms with Crippen molar-refractivity contribution in [2.75, 3.05) is 19.4 Å². The van der Waals surface area contributed by atoms with Crippen LogP contribution in [0.25, 0.3) is 17.1 Å². The first-order valence-corrected chi connectivity index (χ1v) is 12.3. The first-order valence-electron chi connectivity index (χ1n) is 10.4. The number of benzene rings is 2. The van der Waals surface area contributed by atoms with E-state index in [4.69, 9.17) is 4.74 Å². The zero-order chi connectivity index (χ0) is 23.2. The van der Waals surface area contributed by atoms with Gasteiger partial charge in [0.1, 0.15) is 11.6 Å². The molecule has 0 unspecified atom stereocenters. The highest BCUT2D eigenvalue weighted by molar-refractivity contribution is 7.99. The van der Waals surface area contributed by atoms with Crippen LogP contribution in [-0.2, 0) is 11.3 Å². The van der Waals surface area contributed by atoms with Gasteiger partial charge in [0.15, 0.2) is 11.0 Å². The number of hydrogen-bond donors (Lipinski definition) is 0. The van der Waals surface area contributed by atoms with Crippen LogP contribution in [0, 0.1) is 5.82 Å². The highest BCUT2D eigenvalue weighted by Crippen LogP contribution is 2.30. The van der Waals surface area contributed by atoms with Crippen LogP contribution in [0.4, 0.5) is 4.39 Å². The molecule has 170 valence electrons. The zero-order valence-electron chi connectivity index (χ0n) is 18.3. The van der Waals surface area contributed by atoms with Gasteiger partial charge in [0.25, 0.3) is 0 Å². The van der Waals surface area contributed by atoms with E-state index in [-0.39, 0.29) is 11.7 Å². The number of rotatable bonds is 9. The van der Waals surface area contributed by atoms with E-state index in [2.05, 4.69) is 10.2 Å². The maximum absolute atomic E-state index is 14.8. The fourth-order valence-electron chi connectivity index (χ4n) is 3.25. The lowest BCUT2D eigenvalue weighted by atomic mass is 10.2. The summed E-state index contributed by atoms with van der Waals surface area (Å²) in [6.45, 7) is 3.03. The Morgan fingerprint density at radius 2 is 1.94 bits per heavy atom. The summed E-state index contributed by atoms with van der Waals surface area (Å²) in [6, 6.07) is 15.9. The zero-order valence-corrected chi connectivity index (χ0v) is 19.9. The Labute approximate surface area is 200 Å². The van der Waals surface area contributed by atoms with E-state index < -0.39 is 5.82 Å². The Hall–Kier alpha value is -3.17. The van der Waals surface area contributed by atoms with Crippen LogP contribution in [0.3, 0.4) is 0 Å². The third kappa shape index (κ3) is 5.43. The maximum Gasteiger partial charge on any atom is 0.233 e. The Balaban J connectivity index is 1.60. The summed E-state index contributed by atoms with van der Waals surface area (Å²) in [6.07, 6.45) is 0. The van der Waals surface area contributed by atoms with Gasteiger partial charge in [-0.25, -0.2) is 4.39 Å². The molecule has 1 amide bonds. The van der Waals surface area contributed by atoms with Crippen molar-refractivity contribution in [1.82, 2.24) is 19.7 Å². The minimum Gasteiger partial charge on any atom is -0.494 e. The van der Waals surface area contributed by atoms with E-state index in [1.54, 1.807) is 46.1 Å². The van der Waals surface area contributed by atoms with Gasteiger partial charge >= 0.3 is 0 Å². The van der Waals surface area contributed by atoms with Crippen molar-refractivity contribution in [2.45, 2.75) is 18.6 Å². The molecular formula is C24H23FN4O2S2. The van der Waals surface area contributed by atoms with Gasteiger partial charge in [-0.05, 0) is 65.7 Å². The van der Waals surface area contributed by atoms with Crippen LogP contribution in [0.1, 0.15) is 12.5 Å². The molecule has 0 bridgehead atoms. The number of carbonyl (C=O) groups excluding carboxylic acids is 1. The first-order chi connectivity index (χ1) is 16.1. The lowest BCUT2D eigenvalue weighted by molar-refractivity contribution is -0.127. The third-order valence-electron chi connectivity index (χ3n) is 4.90. The highest BCUT2D eigenvalue weighted by atomic mass is 32.2. The molecule has 0 atom stereocenters. The Kier molecular flexibility index (Phi) is 7.41. The molecule has 0 fully saturated rings. The van der Waals surface area contributed by atoms with Crippen molar-refractivity contribution in [3.63, 3.8) is 0 Å². The summed E-state index contributed by atoms with van der Waals surface area (Å²) in [5.41, 5.74) is 2.18. The van der Waals surface area contributed by atoms with E-state index >= 15 is 0 Å². The van der Waals surface area contributed by atoms with Gasteiger partial charge in [0.2, 0.25) is 5.91 Å². The van der Waals surface area contributed by atoms with Crippen molar-refractivity contribution < 1.29 is 13.9 Å². The summed E-state index contributed by atoms with van der Waals surface area (Å²) >= 11 is 2.84. The molecule has 0 radical (unpaired) electrons. The quantitative estimate of drug-likeness (QED) is 0.304. The Bertz CT molecular complexity index is 1210. The predicted molar refractivity (Wildman–Crippen MR) is 129 cm³/mol. The summed E-state index contributed by atoms with van der Waals surface area (Å²) in [7, 11) is 1.77. The van der Waals surface area contributed by atoms with Crippen molar-refractivity contribution in [3.05, 3.63) is 76.7 Å². The predicted octanol–water partition coefficient (Wildman–Crippen LogP) is 5.28. The molecule has 0 saturated carbocycles. The van der Waals surface area contributed by atoms with E-state index in [1.165, 1.54) is 17.8 Å². The molecule has 2 heterocycles. The standard InChI is InChI=1S/C24H23FN4O2S2/c1-3-31-19-10-8-18(9-11-19)23-26-27-24(29(23)21-7-5-4-6-20(21)25)33-16-22(30)28(2)14-17-12-13-32-15-17/h4-13,15H,3,14,16H2,1-2H3. The van der Waals surface area contributed by atoms with Crippen LogP contribution in [0.15, 0.2) is 70.5 Å². The highest BCUT2D eigenvalue weighted by Gasteiger charge is 2.20. The largest absolute Gasteiger partial charge is 0.494 e. The number of ether oxygens (including phenoxy) is 1. The van der Waals surface area contributed by atoms with Crippen molar-refractivity contribution in [2.24, 2.45) is 0 Å². The van der Waals surface area contributed by atoms with Crippen LogP contribution in [0.5, 0.6) is 5.75 Å². The van der Waals surface area contributed by atoms with Crippen LogP contribution in [-0.4, -0.2) is 45.0 Å².